The summed E-state index contributed by atoms with van der Waals surface area (Å²) in [6.07, 6.45) is 8.01. The molecule has 2 fully saturated rings. The summed E-state index contributed by atoms with van der Waals surface area (Å²) < 4.78 is 11.4. The third kappa shape index (κ3) is 2.28. The van der Waals surface area contributed by atoms with Gasteiger partial charge >= 0.3 is 0 Å². The molecule has 1 aliphatic heterocycles. The molecular formula is C17H23NO2. The van der Waals surface area contributed by atoms with E-state index in [1.165, 1.54) is 44.1 Å². The van der Waals surface area contributed by atoms with E-state index in [0.29, 0.717) is 18.6 Å². The number of fused-ring (bicyclic) bond motifs is 1. The van der Waals surface area contributed by atoms with E-state index < -0.39 is 0 Å². The number of hydrogen-bond acceptors (Lipinski definition) is 3. The monoisotopic (exact) mass is 273 g/mol. The van der Waals surface area contributed by atoms with Crippen molar-refractivity contribution in [3.8, 4) is 11.5 Å². The third-order valence-corrected chi connectivity index (χ3v) is 5.02. The molecule has 1 N–H and O–H groups in total. The molecule has 2 aliphatic carbocycles. The molecule has 0 aromatic heterocycles. The molecule has 0 atom stereocenters. The van der Waals surface area contributed by atoms with Crippen LogP contribution in [0.1, 0.15) is 44.1 Å². The van der Waals surface area contributed by atoms with Crippen molar-refractivity contribution in [3.63, 3.8) is 0 Å². The Bertz CT molecular complexity index is 490. The Labute approximate surface area is 120 Å². The maximum absolute atomic E-state index is 5.76. The van der Waals surface area contributed by atoms with E-state index in [9.17, 15) is 0 Å². The Kier molecular flexibility index (Phi) is 3.10. The molecule has 20 heavy (non-hydrogen) atoms. The lowest BCUT2D eigenvalue weighted by Crippen LogP contribution is -2.37. The minimum atomic E-state index is 0.318. The minimum absolute atomic E-state index is 0.318. The van der Waals surface area contributed by atoms with Gasteiger partial charge in [0.15, 0.2) is 11.5 Å². The molecule has 1 aromatic carbocycles. The SMILES string of the molecule is c1cc2c(cc1C1(CNC3CC3)CCCC1)OCCO2. The molecule has 0 unspecified atom stereocenters. The number of nitrogens with one attached hydrogen (secondary N) is 1. The second-order valence-corrected chi connectivity index (χ2v) is 6.50. The summed E-state index contributed by atoms with van der Waals surface area (Å²) in [7, 11) is 0. The van der Waals surface area contributed by atoms with E-state index in [1.54, 1.807) is 0 Å². The lowest BCUT2D eigenvalue weighted by Gasteiger charge is -2.31. The molecule has 3 nitrogen and oxygen atoms in total. The van der Waals surface area contributed by atoms with Crippen LogP contribution >= 0.6 is 0 Å². The largest absolute Gasteiger partial charge is 0.486 e. The van der Waals surface area contributed by atoms with Crippen molar-refractivity contribution in [2.45, 2.75) is 50.0 Å². The second-order valence-electron chi connectivity index (χ2n) is 6.50. The highest BCUT2D eigenvalue weighted by Crippen LogP contribution is 2.44. The lowest BCUT2D eigenvalue weighted by atomic mass is 9.78. The molecule has 1 aromatic rings. The van der Waals surface area contributed by atoms with Gasteiger partial charge in [-0.25, -0.2) is 0 Å². The van der Waals surface area contributed by atoms with E-state index in [1.807, 2.05) is 0 Å². The number of rotatable bonds is 4. The summed E-state index contributed by atoms with van der Waals surface area (Å²) in [5, 5.41) is 3.75. The maximum Gasteiger partial charge on any atom is 0.161 e. The maximum atomic E-state index is 5.76. The van der Waals surface area contributed by atoms with Crippen molar-refractivity contribution in [2.75, 3.05) is 19.8 Å². The molecule has 3 aliphatic rings. The van der Waals surface area contributed by atoms with Crippen LogP contribution in [0, 0.1) is 0 Å². The van der Waals surface area contributed by atoms with Crippen LogP contribution in [0.5, 0.6) is 11.5 Å². The molecule has 3 heteroatoms. The molecule has 108 valence electrons. The predicted molar refractivity (Wildman–Crippen MR) is 78.6 cm³/mol. The van der Waals surface area contributed by atoms with E-state index in [-0.39, 0.29) is 0 Å². The predicted octanol–water partition coefficient (Wildman–Crippen LogP) is 3.02. The van der Waals surface area contributed by atoms with Crippen molar-refractivity contribution in [1.82, 2.24) is 5.32 Å². The van der Waals surface area contributed by atoms with Crippen LogP contribution in [0.2, 0.25) is 0 Å². The number of hydrogen-bond donors (Lipinski definition) is 1. The molecule has 0 bridgehead atoms. The van der Waals surface area contributed by atoms with Gasteiger partial charge in [-0.3, -0.25) is 0 Å². The van der Waals surface area contributed by atoms with Gasteiger partial charge in [-0.1, -0.05) is 18.9 Å². The quantitative estimate of drug-likeness (QED) is 0.914. The van der Waals surface area contributed by atoms with Crippen LogP contribution in [0.15, 0.2) is 18.2 Å². The highest BCUT2D eigenvalue weighted by atomic mass is 16.6. The Hall–Kier alpha value is -1.22. The Morgan fingerprint density at radius 2 is 1.80 bits per heavy atom. The molecular weight excluding hydrogens is 250 g/mol. The Morgan fingerprint density at radius 1 is 1.05 bits per heavy atom. The Balaban J connectivity index is 1.61. The normalized spacial score (nSPS) is 23.8. The fraction of sp³-hybridized carbons (Fsp3) is 0.647. The average molecular weight is 273 g/mol. The highest BCUT2D eigenvalue weighted by Gasteiger charge is 2.37. The van der Waals surface area contributed by atoms with E-state index in [2.05, 4.69) is 23.5 Å². The van der Waals surface area contributed by atoms with Crippen LogP contribution in [0.25, 0.3) is 0 Å². The second kappa shape index (κ2) is 4.96. The molecule has 2 saturated carbocycles. The minimum Gasteiger partial charge on any atom is -0.486 e. The first-order chi connectivity index (χ1) is 9.86. The Morgan fingerprint density at radius 3 is 2.55 bits per heavy atom. The van der Waals surface area contributed by atoms with Crippen LogP contribution in [-0.2, 0) is 5.41 Å². The van der Waals surface area contributed by atoms with Gasteiger partial charge in [-0.15, -0.1) is 0 Å². The molecule has 1 heterocycles. The van der Waals surface area contributed by atoms with Crippen molar-refractivity contribution in [1.29, 1.82) is 0 Å². The molecule has 0 amide bonds. The van der Waals surface area contributed by atoms with Gasteiger partial charge in [0.2, 0.25) is 0 Å². The zero-order chi connectivity index (χ0) is 13.4. The van der Waals surface area contributed by atoms with Gasteiger partial charge in [0.25, 0.3) is 0 Å². The van der Waals surface area contributed by atoms with E-state index in [4.69, 9.17) is 9.47 Å². The zero-order valence-corrected chi connectivity index (χ0v) is 12.0. The van der Waals surface area contributed by atoms with Crippen LogP contribution in [0.3, 0.4) is 0 Å². The fourth-order valence-corrected chi connectivity index (χ4v) is 3.62. The van der Waals surface area contributed by atoms with Crippen molar-refractivity contribution in [2.24, 2.45) is 0 Å². The first kappa shape index (κ1) is 12.5. The summed E-state index contributed by atoms with van der Waals surface area (Å²) in [5.41, 5.74) is 1.76. The molecule has 0 radical (unpaired) electrons. The van der Waals surface area contributed by atoms with Crippen molar-refractivity contribution in [3.05, 3.63) is 23.8 Å². The topological polar surface area (TPSA) is 30.5 Å². The van der Waals surface area contributed by atoms with Gasteiger partial charge < -0.3 is 14.8 Å². The molecule has 0 saturated heterocycles. The standard InChI is InChI=1S/C17H23NO2/c1-2-8-17(7-1,12-18-14-4-5-14)13-3-6-15-16(11-13)20-10-9-19-15/h3,6,11,14,18H,1-2,4-5,7-10,12H2. The highest BCUT2D eigenvalue weighted by molar-refractivity contribution is 5.46. The number of ether oxygens (including phenoxy) is 2. The zero-order valence-electron chi connectivity index (χ0n) is 12.0. The fourth-order valence-electron chi connectivity index (χ4n) is 3.62. The molecule has 0 spiro atoms. The van der Waals surface area contributed by atoms with Gasteiger partial charge in [-0.05, 0) is 43.4 Å². The van der Waals surface area contributed by atoms with E-state index in [0.717, 1.165) is 24.1 Å². The summed E-state index contributed by atoms with van der Waals surface area (Å²) in [6.45, 7) is 2.46. The smallest absolute Gasteiger partial charge is 0.161 e. The molecule has 4 rings (SSSR count). The summed E-state index contributed by atoms with van der Waals surface area (Å²) in [6, 6.07) is 7.37. The van der Waals surface area contributed by atoms with Crippen molar-refractivity contribution < 1.29 is 9.47 Å². The van der Waals surface area contributed by atoms with Gasteiger partial charge in [0.1, 0.15) is 13.2 Å². The van der Waals surface area contributed by atoms with Crippen LogP contribution in [-0.4, -0.2) is 25.8 Å². The third-order valence-electron chi connectivity index (χ3n) is 5.02. The van der Waals surface area contributed by atoms with Gasteiger partial charge in [0.05, 0.1) is 0 Å². The van der Waals surface area contributed by atoms with E-state index >= 15 is 0 Å². The first-order valence-corrected chi connectivity index (χ1v) is 7.99. The summed E-state index contributed by atoms with van der Waals surface area (Å²) in [4.78, 5) is 0. The summed E-state index contributed by atoms with van der Waals surface area (Å²) >= 11 is 0. The van der Waals surface area contributed by atoms with Crippen LogP contribution < -0.4 is 14.8 Å². The number of benzene rings is 1. The first-order valence-electron chi connectivity index (χ1n) is 7.99. The van der Waals surface area contributed by atoms with Gasteiger partial charge in [0, 0.05) is 18.0 Å². The van der Waals surface area contributed by atoms with Gasteiger partial charge in [-0.2, -0.15) is 0 Å². The summed E-state index contributed by atoms with van der Waals surface area (Å²) in [5.74, 6) is 1.84. The van der Waals surface area contributed by atoms with Crippen LogP contribution in [0.4, 0.5) is 0 Å². The average Bonchev–Trinajstić information content (AvgIpc) is 3.21. The lowest BCUT2D eigenvalue weighted by molar-refractivity contribution is 0.171. The van der Waals surface area contributed by atoms with Crippen molar-refractivity contribution >= 4 is 0 Å².